The van der Waals surface area contributed by atoms with Crippen molar-refractivity contribution in [2.24, 2.45) is 5.92 Å². The van der Waals surface area contributed by atoms with Crippen molar-refractivity contribution in [3.8, 4) is 0 Å². The number of carbonyl (C=O) groups excluding carboxylic acids is 1. The number of fused-ring (bicyclic) bond motifs is 1. The van der Waals surface area contributed by atoms with Crippen molar-refractivity contribution in [2.45, 2.75) is 31.4 Å². The van der Waals surface area contributed by atoms with Crippen LogP contribution in [-0.4, -0.2) is 65.6 Å². The van der Waals surface area contributed by atoms with Gasteiger partial charge in [-0.25, -0.2) is 0 Å². The first-order valence-electron chi connectivity index (χ1n) is 8.36. The predicted octanol–water partition coefficient (Wildman–Crippen LogP) is 1.41. The summed E-state index contributed by atoms with van der Waals surface area (Å²) in [5.41, 5.74) is 0.687. The molecule has 1 aromatic heterocycles. The van der Waals surface area contributed by atoms with Crippen LogP contribution in [0.25, 0.3) is 0 Å². The van der Waals surface area contributed by atoms with Crippen molar-refractivity contribution in [3.05, 3.63) is 30.1 Å². The Morgan fingerprint density at radius 2 is 2.23 bits per heavy atom. The highest BCUT2D eigenvalue weighted by Gasteiger charge is 2.40. The lowest BCUT2D eigenvalue weighted by molar-refractivity contribution is -0.0989. The summed E-state index contributed by atoms with van der Waals surface area (Å²) in [7, 11) is 0. The molecule has 0 aromatic carbocycles. The number of likely N-dealkylation sites (tertiary alicyclic amines) is 1. The number of carbonyl (C=O) groups is 1. The number of rotatable bonds is 3. The van der Waals surface area contributed by atoms with Crippen molar-refractivity contribution in [1.29, 1.82) is 0 Å². The van der Waals surface area contributed by atoms with Crippen LogP contribution in [0.4, 0.5) is 0 Å². The number of nitrogens with zero attached hydrogens (tertiary/aromatic N) is 3. The SMILES string of the molecule is O=C(c1cccnc1)N1CC[C@H]2OCCN(CC3CC3)[C@@H]2C1. The zero-order valence-corrected chi connectivity index (χ0v) is 12.9. The van der Waals surface area contributed by atoms with Gasteiger partial charge in [0.1, 0.15) is 0 Å². The normalized spacial score (nSPS) is 29.2. The highest BCUT2D eigenvalue weighted by molar-refractivity contribution is 5.94. The van der Waals surface area contributed by atoms with E-state index in [0.717, 1.165) is 38.6 Å². The van der Waals surface area contributed by atoms with E-state index in [1.54, 1.807) is 12.4 Å². The molecule has 3 heterocycles. The average Bonchev–Trinajstić information content (AvgIpc) is 3.39. The number of ether oxygens (including phenoxy) is 1. The van der Waals surface area contributed by atoms with E-state index in [0.29, 0.717) is 17.7 Å². The Hall–Kier alpha value is -1.46. The minimum Gasteiger partial charge on any atom is -0.375 e. The second-order valence-corrected chi connectivity index (χ2v) is 6.70. The van der Waals surface area contributed by atoms with Gasteiger partial charge in [0.25, 0.3) is 5.91 Å². The number of aromatic nitrogens is 1. The summed E-state index contributed by atoms with van der Waals surface area (Å²) >= 11 is 0. The monoisotopic (exact) mass is 301 g/mol. The third-order valence-corrected chi connectivity index (χ3v) is 5.08. The molecule has 2 aliphatic heterocycles. The summed E-state index contributed by atoms with van der Waals surface area (Å²) in [6.07, 6.45) is 7.34. The quantitative estimate of drug-likeness (QED) is 0.847. The van der Waals surface area contributed by atoms with Crippen LogP contribution in [0.5, 0.6) is 0 Å². The van der Waals surface area contributed by atoms with Crippen LogP contribution < -0.4 is 0 Å². The number of piperidine rings is 1. The largest absolute Gasteiger partial charge is 0.375 e. The van der Waals surface area contributed by atoms with E-state index in [9.17, 15) is 4.79 Å². The molecule has 0 N–H and O–H groups in total. The maximum atomic E-state index is 12.6. The smallest absolute Gasteiger partial charge is 0.255 e. The molecule has 1 aromatic rings. The lowest BCUT2D eigenvalue weighted by atomic mass is 9.97. The molecule has 22 heavy (non-hydrogen) atoms. The van der Waals surface area contributed by atoms with Gasteiger partial charge >= 0.3 is 0 Å². The number of morpholine rings is 1. The Balaban J connectivity index is 1.46. The van der Waals surface area contributed by atoms with E-state index in [-0.39, 0.29) is 5.91 Å². The first-order chi connectivity index (χ1) is 10.8. The van der Waals surface area contributed by atoms with Crippen LogP contribution in [0.15, 0.2) is 24.5 Å². The van der Waals surface area contributed by atoms with Gasteiger partial charge in [-0.1, -0.05) is 0 Å². The Morgan fingerprint density at radius 1 is 1.32 bits per heavy atom. The average molecular weight is 301 g/mol. The highest BCUT2D eigenvalue weighted by Crippen LogP contribution is 2.33. The topological polar surface area (TPSA) is 45.7 Å². The van der Waals surface area contributed by atoms with Crippen LogP contribution in [0.3, 0.4) is 0 Å². The van der Waals surface area contributed by atoms with Gasteiger partial charge in [0.05, 0.1) is 24.3 Å². The molecule has 0 spiro atoms. The summed E-state index contributed by atoms with van der Waals surface area (Å²) in [6, 6.07) is 4.04. The summed E-state index contributed by atoms with van der Waals surface area (Å²) < 4.78 is 5.96. The number of hydrogen-bond acceptors (Lipinski definition) is 4. The summed E-state index contributed by atoms with van der Waals surface area (Å²) in [6.45, 7) is 4.59. The predicted molar refractivity (Wildman–Crippen MR) is 82.6 cm³/mol. The molecule has 0 radical (unpaired) electrons. The molecule has 2 atom stereocenters. The maximum Gasteiger partial charge on any atom is 0.255 e. The summed E-state index contributed by atoms with van der Waals surface area (Å²) in [5.74, 6) is 0.978. The van der Waals surface area contributed by atoms with Crippen molar-refractivity contribution in [1.82, 2.24) is 14.8 Å². The van der Waals surface area contributed by atoms with Gasteiger partial charge < -0.3 is 9.64 Å². The van der Waals surface area contributed by atoms with E-state index in [2.05, 4.69) is 9.88 Å². The molecule has 3 fully saturated rings. The lowest BCUT2D eigenvalue weighted by Gasteiger charge is -2.47. The first-order valence-corrected chi connectivity index (χ1v) is 8.36. The van der Waals surface area contributed by atoms with Crippen molar-refractivity contribution in [3.63, 3.8) is 0 Å². The maximum absolute atomic E-state index is 12.6. The Kier molecular flexibility index (Phi) is 3.84. The van der Waals surface area contributed by atoms with Gasteiger partial charge in [0.15, 0.2) is 0 Å². The molecule has 0 unspecified atom stereocenters. The highest BCUT2D eigenvalue weighted by atomic mass is 16.5. The van der Waals surface area contributed by atoms with Crippen LogP contribution in [-0.2, 0) is 4.74 Å². The second-order valence-electron chi connectivity index (χ2n) is 6.70. The molecular formula is C17H23N3O2. The molecule has 0 bridgehead atoms. The van der Waals surface area contributed by atoms with E-state index < -0.39 is 0 Å². The van der Waals surface area contributed by atoms with E-state index in [4.69, 9.17) is 4.74 Å². The van der Waals surface area contributed by atoms with Gasteiger partial charge in [0.2, 0.25) is 0 Å². The Labute approximate surface area is 131 Å². The van der Waals surface area contributed by atoms with Crippen molar-refractivity contribution >= 4 is 5.91 Å². The number of amides is 1. The van der Waals surface area contributed by atoms with Crippen molar-refractivity contribution in [2.75, 3.05) is 32.8 Å². The molecule has 4 rings (SSSR count). The number of pyridine rings is 1. The molecule has 118 valence electrons. The second kappa shape index (κ2) is 5.97. The van der Waals surface area contributed by atoms with Crippen LogP contribution in [0, 0.1) is 5.92 Å². The fourth-order valence-corrected chi connectivity index (χ4v) is 3.66. The van der Waals surface area contributed by atoms with Gasteiger partial charge in [0, 0.05) is 38.6 Å². The molecule has 1 aliphatic carbocycles. The summed E-state index contributed by atoms with van der Waals surface area (Å²) in [5, 5.41) is 0. The molecule has 1 saturated carbocycles. The zero-order valence-electron chi connectivity index (χ0n) is 12.9. The van der Waals surface area contributed by atoms with Gasteiger partial charge in [-0.15, -0.1) is 0 Å². The van der Waals surface area contributed by atoms with Crippen LogP contribution in [0.2, 0.25) is 0 Å². The third kappa shape index (κ3) is 2.88. The van der Waals surface area contributed by atoms with E-state index in [1.807, 2.05) is 17.0 Å². The van der Waals surface area contributed by atoms with Crippen LogP contribution in [0.1, 0.15) is 29.6 Å². The van der Waals surface area contributed by atoms with Crippen molar-refractivity contribution < 1.29 is 9.53 Å². The van der Waals surface area contributed by atoms with Gasteiger partial charge in [-0.05, 0) is 37.3 Å². The Morgan fingerprint density at radius 3 is 3.00 bits per heavy atom. The standard InChI is InChI=1S/C17H23N3O2/c21-17(14-2-1-6-18-10-14)20-7-5-16-15(12-20)19(8-9-22-16)11-13-3-4-13/h1-2,6,10,13,15-16H,3-5,7-9,11-12H2/t15-,16-/m1/s1. The van der Waals surface area contributed by atoms with Gasteiger partial charge in [-0.3, -0.25) is 14.7 Å². The summed E-state index contributed by atoms with van der Waals surface area (Å²) in [4.78, 5) is 21.2. The molecule has 5 heteroatoms. The minimum atomic E-state index is 0.100. The minimum absolute atomic E-state index is 0.100. The molecular weight excluding hydrogens is 278 g/mol. The fourth-order valence-electron chi connectivity index (χ4n) is 3.66. The molecule has 1 amide bonds. The Bertz CT molecular complexity index is 532. The van der Waals surface area contributed by atoms with E-state index >= 15 is 0 Å². The van der Waals surface area contributed by atoms with Gasteiger partial charge in [-0.2, -0.15) is 0 Å². The fraction of sp³-hybridized carbons (Fsp3) is 0.647. The van der Waals surface area contributed by atoms with Crippen LogP contribution >= 0.6 is 0 Å². The van der Waals surface area contributed by atoms with E-state index in [1.165, 1.54) is 19.4 Å². The number of hydrogen-bond donors (Lipinski definition) is 0. The molecule has 3 aliphatic rings. The molecule has 2 saturated heterocycles. The first kappa shape index (κ1) is 14.2. The zero-order chi connectivity index (χ0) is 14.9. The lowest BCUT2D eigenvalue weighted by Crippen LogP contribution is -2.61. The molecule has 5 nitrogen and oxygen atoms in total. The third-order valence-electron chi connectivity index (χ3n) is 5.08.